The van der Waals surface area contributed by atoms with Crippen LogP contribution in [0, 0.1) is 0 Å². The molecule has 0 fully saturated rings. The molecule has 2 heteroatoms. The molecule has 24 heavy (non-hydrogen) atoms. The molecule has 0 unspecified atom stereocenters. The molecule has 0 saturated heterocycles. The lowest BCUT2D eigenvalue weighted by Crippen LogP contribution is -1.78. The van der Waals surface area contributed by atoms with Crippen LogP contribution in [0.25, 0.3) is 33.8 Å². The fourth-order valence-corrected chi connectivity index (χ4v) is 2.98. The molecule has 0 spiro atoms. The van der Waals surface area contributed by atoms with E-state index in [1.165, 1.54) is 11.1 Å². The summed E-state index contributed by atoms with van der Waals surface area (Å²) in [6, 6.07) is 31.0. The van der Waals surface area contributed by atoms with Crippen LogP contribution in [0.4, 0.5) is 0 Å². The van der Waals surface area contributed by atoms with Crippen LogP contribution in [0.1, 0.15) is 0 Å². The number of halogens is 1. The molecule has 0 bridgehead atoms. The van der Waals surface area contributed by atoms with Crippen molar-refractivity contribution in [2.45, 2.75) is 0 Å². The Kier molecular flexibility index (Phi) is 4.06. The van der Waals surface area contributed by atoms with Crippen molar-refractivity contribution in [2.24, 2.45) is 0 Å². The minimum Gasteiger partial charge on any atom is -0.456 e. The second kappa shape index (κ2) is 6.50. The summed E-state index contributed by atoms with van der Waals surface area (Å²) >= 11 is 3.46. The third-order valence-electron chi connectivity index (χ3n) is 4.01. The fourth-order valence-electron chi connectivity index (χ4n) is 2.72. The van der Waals surface area contributed by atoms with E-state index in [-0.39, 0.29) is 0 Å². The van der Waals surface area contributed by atoms with Gasteiger partial charge in [-0.25, -0.2) is 0 Å². The average Bonchev–Trinajstić information content (AvgIpc) is 3.13. The molecule has 116 valence electrons. The zero-order valence-corrected chi connectivity index (χ0v) is 14.5. The maximum Gasteiger partial charge on any atom is 0.134 e. The van der Waals surface area contributed by atoms with Crippen LogP contribution >= 0.6 is 15.9 Å². The summed E-state index contributed by atoms with van der Waals surface area (Å²) in [5.74, 6) is 1.76. The summed E-state index contributed by atoms with van der Waals surface area (Å²) in [6.07, 6.45) is 0. The zero-order valence-electron chi connectivity index (χ0n) is 12.9. The van der Waals surface area contributed by atoms with Crippen LogP contribution in [-0.2, 0) is 0 Å². The van der Waals surface area contributed by atoms with Crippen LogP contribution in [0.3, 0.4) is 0 Å². The normalized spacial score (nSPS) is 10.7. The number of benzene rings is 3. The molecule has 0 saturated carbocycles. The van der Waals surface area contributed by atoms with Gasteiger partial charge in [-0.3, -0.25) is 0 Å². The molecule has 4 rings (SSSR count). The Morgan fingerprint density at radius 1 is 0.458 bits per heavy atom. The largest absolute Gasteiger partial charge is 0.456 e. The van der Waals surface area contributed by atoms with E-state index in [4.69, 9.17) is 4.42 Å². The van der Waals surface area contributed by atoms with Gasteiger partial charge in [0.05, 0.1) is 0 Å². The van der Waals surface area contributed by atoms with Crippen molar-refractivity contribution in [1.29, 1.82) is 0 Å². The quantitative estimate of drug-likeness (QED) is 0.374. The Bertz CT molecular complexity index is 935. The minimum atomic E-state index is 0.879. The Hall–Kier alpha value is -2.58. The molecule has 1 aromatic heterocycles. The first-order valence-electron chi connectivity index (χ1n) is 7.81. The van der Waals surface area contributed by atoms with Crippen LogP contribution in [0.15, 0.2) is 99.9 Å². The second-order valence-electron chi connectivity index (χ2n) is 5.61. The van der Waals surface area contributed by atoms with Crippen LogP contribution in [-0.4, -0.2) is 0 Å². The minimum absolute atomic E-state index is 0.879. The summed E-state index contributed by atoms with van der Waals surface area (Å²) in [4.78, 5) is 0. The van der Waals surface area contributed by atoms with Crippen molar-refractivity contribution in [2.75, 3.05) is 0 Å². The van der Waals surface area contributed by atoms with Crippen LogP contribution < -0.4 is 0 Å². The van der Waals surface area contributed by atoms with E-state index in [2.05, 4.69) is 64.5 Å². The van der Waals surface area contributed by atoms with E-state index < -0.39 is 0 Å². The molecular weight excluding hydrogens is 360 g/mol. The molecule has 0 N–H and O–H groups in total. The predicted molar refractivity (Wildman–Crippen MR) is 103 cm³/mol. The van der Waals surface area contributed by atoms with Gasteiger partial charge in [0, 0.05) is 15.6 Å². The highest BCUT2D eigenvalue weighted by atomic mass is 79.9. The topological polar surface area (TPSA) is 13.1 Å². The smallest absolute Gasteiger partial charge is 0.134 e. The van der Waals surface area contributed by atoms with E-state index in [1.807, 2.05) is 42.5 Å². The van der Waals surface area contributed by atoms with E-state index in [1.54, 1.807) is 0 Å². The van der Waals surface area contributed by atoms with Gasteiger partial charge in [-0.1, -0.05) is 82.7 Å². The Morgan fingerprint density at radius 2 is 0.917 bits per heavy atom. The number of furan rings is 1. The van der Waals surface area contributed by atoms with E-state index >= 15 is 0 Å². The van der Waals surface area contributed by atoms with Crippen molar-refractivity contribution in [1.82, 2.24) is 0 Å². The second-order valence-corrected chi connectivity index (χ2v) is 6.53. The number of hydrogen-bond donors (Lipinski definition) is 0. The van der Waals surface area contributed by atoms with Gasteiger partial charge >= 0.3 is 0 Å². The van der Waals surface area contributed by atoms with Crippen LogP contribution in [0.2, 0.25) is 0 Å². The first-order chi connectivity index (χ1) is 11.8. The lowest BCUT2D eigenvalue weighted by Gasteiger charge is -2.03. The van der Waals surface area contributed by atoms with Crippen molar-refractivity contribution < 1.29 is 4.42 Å². The molecule has 0 aliphatic rings. The molecule has 0 atom stereocenters. The van der Waals surface area contributed by atoms with Gasteiger partial charge in [0.2, 0.25) is 0 Å². The van der Waals surface area contributed by atoms with Crippen molar-refractivity contribution in [3.8, 4) is 33.8 Å². The first-order valence-corrected chi connectivity index (χ1v) is 8.60. The third kappa shape index (κ3) is 3.06. The SMILES string of the molecule is Brc1ccc(-c2ccc(-c3ccc(-c4ccccc4)cc3)o2)cc1. The van der Waals surface area contributed by atoms with Gasteiger partial charge in [0.15, 0.2) is 0 Å². The molecule has 3 aromatic carbocycles. The van der Waals surface area contributed by atoms with Crippen molar-refractivity contribution in [3.05, 3.63) is 95.5 Å². The monoisotopic (exact) mass is 374 g/mol. The summed E-state index contributed by atoms with van der Waals surface area (Å²) in [7, 11) is 0. The van der Waals surface area contributed by atoms with Gasteiger partial charge in [0.1, 0.15) is 11.5 Å². The highest BCUT2D eigenvalue weighted by Gasteiger charge is 2.07. The van der Waals surface area contributed by atoms with E-state index in [9.17, 15) is 0 Å². The summed E-state index contributed by atoms with van der Waals surface area (Å²) in [6.45, 7) is 0. The predicted octanol–water partition coefficient (Wildman–Crippen LogP) is 7.04. The van der Waals surface area contributed by atoms with Gasteiger partial charge in [-0.05, 0) is 35.4 Å². The third-order valence-corrected chi connectivity index (χ3v) is 4.54. The van der Waals surface area contributed by atoms with Crippen molar-refractivity contribution >= 4 is 15.9 Å². The van der Waals surface area contributed by atoms with Gasteiger partial charge in [0.25, 0.3) is 0 Å². The van der Waals surface area contributed by atoms with Gasteiger partial charge in [-0.2, -0.15) is 0 Å². The lowest BCUT2D eigenvalue weighted by molar-refractivity contribution is 0.597. The molecule has 1 nitrogen and oxygen atoms in total. The average molecular weight is 375 g/mol. The highest BCUT2D eigenvalue weighted by molar-refractivity contribution is 9.10. The Labute approximate surface area is 149 Å². The standard InChI is InChI=1S/C22H15BrO/c23-20-12-10-19(11-13-20)22-15-14-21(24-22)18-8-6-17(7-9-18)16-4-2-1-3-5-16/h1-15H. The first kappa shape index (κ1) is 15.0. The molecule has 1 heterocycles. The van der Waals surface area contributed by atoms with Crippen LogP contribution in [0.5, 0.6) is 0 Å². The van der Waals surface area contributed by atoms with E-state index in [0.29, 0.717) is 0 Å². The number of hydrogen-bond acceptors (Lipinski definition) is 1. The fraction of sp³-hybridized carbons (Fsp3) is 0. The summed E-state index contributed by atoms with van der Waals surface area (Å²) < 4.78 is 7.09. The molecule has 0 aliphatic carbocycles. The van der Waals surface area contributed by atoms with E-state index in [0.717, 1.165) is 27.1 Å². The van der Waals surface area contributed by atoms with Gasteiger partial charge in [-0.15, -0.1) is 0 Å². The summed E-state index contributed by atoms with van der Waals surface area (Å²) in [5.41, 5.74) is 4.58. The molecule has 4 aromatic rings. The lowest BCUT2D eigenvalue weighted by atomic mass is 10.0. The highest BCUT2D eigenvalue weighted by Crippen LogP contribution is 2.30. The van der Waals surface area contributed by atoms with Gasteiger partial charge < -0.3 is 4.42 Å². The summed E-state index contributed by atoms with van der Waals surface area (Å²) in [5, 5.41) is 0. The maximum absolute atomic E-state index is 6.03. The van der Waals surface area contributed by atoms with Crippen molar-refractivity contribution in [3.63, 3.8) is 0 Å². The molecular formula is C22H15BrO. The molecule has 0 aliphatic heterocycles. The zero-order chi connectivity index (χ0) is 16.4. The number of rotatable bonds is 3. The molecule has 0 amide bonds. The molecule has 0 radical (unpaired) electrons. The Morgan fingerprint density at radius 3 is 1.50 bits per heavy atom. The Balaban J connectivity index is 1.62. The maximum atomic E-state index is 6.03.